The van der Waals surface area contributed by atoms with E-state index in [0.29, 0.717) is 0 Å². The van der Waals surface area contributed by atoms with E-state index in [-0.39, 0.29) is 0 Å². The molecule has 1 saturated carbocycles. The molecule has 2 rings (SSSR count). The predicted molar refractivity (Wildman–Crippen MR) is 67.8 cm³/mol. The zero-order valence-corrected chi connectivity index (χ0v) is 11.1. The Morgan fingerprint density at radius 1 is 1.38 bits per heavy atom. The molecule has 0 unspecified atom stereocenters. The maximum Gasteiger partial charge on any atom is 0.133 e. The van der Waals surface area contributed by atoms with Crippen LogP contribution in [0.15, 0.2) is 22.7 Å². The normalized spacial score (nSPS) is 18.7. The summed E-state index contributed by atoms with van der Waals surface area (Å²) in [4.78, 5) is 0. The van der Waals surface area contributed by atoms with E-state index in [1.54, 1.807) is 7.11 Å². The largest absolute Gasteiger partial charge is 0.496 e. The maximum atomic E-state index is 10.3. The Kier molecular flexibility index (Phi) is 3.55. The number of rotatable bonds is 3. The van der Waals surface area contributed by atoms with Crippen LogP contribution in [0.1, 0.15) is 31.2 Å². The topological polar surface area (TPSA) is 29.5 Å². The molecule has 0 atom stereocenters. The zero-order valence-electron chi connectivity index (χ0n) is 9.50. The van der Waals surface area contributed by atoms with E-state index >= 15 is 0 Å². The van der Waals surface area contributed by atoms with Gasteiger partial charge in [0.2, 0.25) is 0 Å². The van der Waals surface area contributed by atoms with Crippen molar-refractivity contribution in [2.24, 2.45) is 0 Å². The Balaban J connectivity index is 2.13. The van der Waals surface area contributed by atoms with E-state index in [9.17, 15) is 5.11 Å². The molecule has 0 saturated heterocycles. The summed E-state index contributed by atoms with van der Waals surface area (Å²) in [5, 5.41) is 10.3. The summed E-state index contributed by atoms with van der Waals surface area (Å²) in [6.07, 6.45) is 4.89. The molecule has 3 heteroatoms. The maximum absolute atomic E-state index is 10.3. The molecule has 0 spiro atoms. The summed E-state index contributed by atoms with van der Waals surface area (Å²) < 4.78 is 6.14. The van der Waals surface area contributed by atoms with Crippen molar-refractivity contribution >= 4 is 15.9 Å². The summed E-state index contributed by atoms with van der Waals surface area (Å²) in [6, 6.07) is 6.01. The Labute approximate surface area is 105 Å². The molecular formula is C13H17BrO2. The van der Waals surface area contributed by atoms with Crippen LogP contribution in [0.3, 0.4) is 0 Å². The number of methoxy groups -OCH3 is 1. The highest BCUT2D eigenvalue weighted by Crippen LogP contribution is 2.34. The van der Waals surface area contributed by atoms with E-state index in [1.807, 2.05) is 18.2 Å². The molecule has 1 aromatic rings. The third kappa shape index (κ3) is 2.58. The second kappa shape index (κ2) is 4.76. The van der Waals surface area contributed by atoms with Gasteiger partial charge in [0.05, 0.1) is 17.2 Å². The molecule has 0 bridgehead atoms. The fraction of sp³-hybridized carbons (Fsp3) is 0.538. The summed E-state index contributed by atoms with van der Waals surface area (Å²) in [6.45, 7) is 0. The number of ether oxygens (including phenoxy) is 1. The molecule has 88 valence electrons. The lowest BCUT2D eigenvalue weighted by Crippen LogP contribution is -2.26. The lowest BCUT2D eigenvalue weighted by Gasteiger charge is -2.22. The van der Waals surface area contributed by atoms with Gasteiger partial charge in [0.15, 0.2) is 0 Å². The second-order valence-electron chi connectivity index (χ2n) is 4.58. The van der Waals surface area contributed by atoms with E-state index in [0.717, 1.165) is 47.9 Å². The van der Waals surface area contributed by atoms with Crippen molar-refractivity contribution in [3.8, 4) is 5.75 Å². The molecule has 0 radical (unpaired) electrons. The molecular weight excluding hydrogens is 268 g/mol. The van der Waals surface area contributed by atoms with Gasteiger partial charge in [0.25, 0.3) is 0 Å². The minimum atomic E-state index is -0.478. The number of halogens is 1. The molecule has 1 aliphatic carbocycles. The summed E-state index contributed by atoms with van der Waals surface area (Å²) in [7, 11) is 1.66. The van der Waals surface area contributed by atoms with Crippen LogP contribution >= 0.6 is 15.9 Å². The molecule has 0 heterocycles. The quantitative estimate of drug-likeness (QED) is 0.923. The average molecular weight is 285 g/mol. The van der Waals surface area contributed by atoms with Crippen molar-refractivity contribution in [3.05, 3.63) is 28.2 Å². The van der Waals surface area contributed by atoms with Crippen LogP contribution in [-0.2, 0) is 6.42 Å². The first kappa shape index (κ1) is 11.9. The number of hydrogen-bond acceptors (Lipinski definition) is 2. The molecule has 1 fully saturated rings. The molecule has 1 aromatic carbocycles. The van der Waals surface area contributed by atoms with E-state index in [1.165, 1.54) is 0 Å². The van der Waals surface area contributed by atoms with Crippen LogP contribution < -0.4 is 4.74 Å². The van der Waals surface area contributed by atoms with Gasteiger partial charge in [0.1, 0.15) is 5.75 Å². The lowest BCUT2D eigenvalue weighted by atomic mass is 9.93. The molecule has 0 aliphatic heterocycles. The Hall–Kier alpha value is -0.540. The van der Waals surface area contributed by atoms with Crippen LogP contribution in [-0.4, -0.2) is 17.8 Å². The van der Waals surface area contributed by atoms with Gasteiger partial charge in [-0.05, 0) is 46.5 Å². The molecule has 1 aliphatic rings. The number of aliphatic hydroxyl groups is 1. The van der Waals surface area contributed by atoms with Gasteiger partial charge in [-0.3, -0.25) is 0 Å². The Morgan fingerprint density at radius 2 is 2.06 bits per heavy atom. The highest BCUT2D eigenvalue weighted by molar-refractivity contribution is 9.10. The third-order valence-electron chi connectivity index (χ3n) is 3.28. The first-order valence-electron chi connectivity index (χ1n) is 5.68. The minimum Gasteiger partial charge on any atom is -0.496 e. The molecule has 0 amide bonds. The third-order valence-corrected chi connectivity index (χ3v) is 3.90. The second-order valence-corrected chi connectivity index (χ2v) is 5.43. The monoisotopic (exact) mass is 284 g/mol. The van der Waals surface area contributed by atoms with Crippen LogP contribution in [0.5, 0.6) is 5.75 Å². The van der Waals surface area contributed by atoms with Crippen molar-refractivity contribution in [2.75, 3.05) is 7.11 Å². The fourth-order valence-corrected chi connectivity index (χ4v) is 3.00. The molecule has 0 aromatic heterocycles. The van der Waals surface area contributed by atoms with Crippen LogP contribution in [0.25, 0.3) is 0 Å². The van der Waals surface area contributed by atoms with Crippen molar-refractivity contribution in [1.82, 2.24) is 0 Å². The van der Waals surface area contributed by atoms with Gasteiger partial charge in [-0.2, -0.15) is 0 Å². The standard InChI is InChI=1S/C13H17BrO2/c1-16-12-5-4-10(8-11(12)14)9-13(15)6-2-3-7-13/h4-5,8,15H,2-3,6-7,9H2,1H3. The molecule has 2 nitrogen and oxygen atoms in total. The predicted octanol–water partition coefficient (Wildman–Crippen LogP) is 3.31. The number of benzene rings is 1. The number of hydrogen-bond donors (Lipinski definition) is 1. The van der Waals surface area contributed by atoms with Crippen molar-refractivity contribution in [1.29, 1.82) is 0 Å². The van der Waals surface area contributed by atoms with Crippen molar-refractivity contribution < 1.29 is 9.84 Å². The van der Waals surface area contributed by atoms with Gasteiger partial charge >= 0.3 is 0 Å². The highest BCUT2D eigenvalue weighted by Gasteiger charge is 2.31. The van der Waals surface area contributed by atoms with Gasteiger partial charge in [-0.25, -0.2) is 0 Å². The van der Waals surface area contributed by atoms with Gasteiger partial charge in [0, 0.05) is 6.42 Å². The van der Waals surface area contributed by atoms with E-state index < -0.39 is 5.60 Å². The first-order chi connectivity index (χ1) is 7.63. The summed E-state index contributed by atoms with van der Waals surface area (Å²) in [5.41, 5.74) is 0.686. The summed E-state index contributed by atoms with van der Waals surface area (Å²) >= 11 is 3.47. The first-order valence-corrected chi connectivity index (χ1v) is 6.47. The minimum absolute atomic E-state index is 0.478. The van der Waals surface area contributed by atoms with Crippen LogP contribution in [0.2, 0.25) is 0 Å². The average Bonchev–Trinajstić information content (AvgIpc) is 2.65. The zero-order chi connectivity index (χ0) is 11.6. The lowest BCUT2D eigenvalue weighted by molar-refractivity contribution is 0.0481. The van der Waals surface area contributed by atoms with Crippen LogP contribution in [0, 0.1) is 0 Å². The van der Waals surface area contributed by atoms with Gasteiger partial charge < -0.3 is 9.84 Å². The Morgan fingerprint density at radius 3 is 2.62 bits per heavy atom. The molecule has 1 N–H and O–H groups in total. The molecule has 16 heavy (non-hydrogen) atoms. The highest BCUT2D eigenvalue weighted by atomic mass is 79.9. The van der Waals surface area contributed by atoms with Crippen molar-refractivity contribution in [3.63, 3.8) is 0 Å². The van der Waals surface area contributed by atoms with Gasteiger partial charge in [-0.15, -0.1) is 0 Å². The van der Waals surface area contributed by atoms with E-state index in [4.69, 9.17) is 4.74 Å². The smallest absolute Gasteiger partial charge is 0.133 e. The van der Waals surface area contributed by atoms with Crippen molar-refractivity contribution in [2.45, 2.75) is 37.7 Å². The van der Waals surface area contributed by atoms with E-state index in [2.05, 4.69) is 15.9 Å². The van der Waals surface area contributed by atoms with Crippen LogP contribution in [0.4, 0.5) is 0 Å². The fourth-order valence-electron chi connectivity index (χ4n) is 2.41. The SMILES string of the molecule is COc1ccc(CC2(O)CCCC2)cc1Br. The van der Waals surface area contributed by atoms with Gasteiger partial charge in [-0.1, -0.05) is 18.9 Å². The summed E-state index contributed by atoms with van der Waals surface area (Å²) in [5.74, 6) is 0.835. The Bertz CT molecular complexity index is 370.